The minimum Gasteiger partial charge on any atom is -0.480 e. The van der Waals surface area contributed by atoms with Gasteiger partial charge in [-0.1, -0.05) is 32.0 Å². The number of para-hydroxylation sites is 1. The van der Waals surface area contributed by atoms with Crippen molar-refractivity contribution in [2.75, 3.05) is 11.6 Å². The largest absolute Gasteiger partial charge is 0.480 e. The normalized spacial score (nSPS) is 16.6. The Bertz CT molecular complexity index is 630. The average molecular weight is 347 g/mol. The van der Waals surface area contributed by atoms with Crippen molar-refractivity contribution in [3.63, 3.8) is 0 Å². The second kappa shape index (κ2) is 8.62. The molecule has 1 heterocycles. The second-order valence-corrected chi connectivity index (χ2v) is 6.66. The zero-order chi connectivity index (χ0) is 18.4. The molecular formula is C18H25N3O4. The third kappa shape index (κ3) is 5.56. The maximum absolute atomic E-state index is 11.6. The van der Waals surface area contributed by atoms with Crippen molar-refractivity contribution in [1.29, 1.82) is 0 Å². The number of nitrogens with one attached hydrogen (secondary N) is 1. The number of benzene rings is 1. The fraction of sp³-hybridized carbons (Fsp3) is 0.500. The Kier molecular flexibility index (Phi) is 6.52. The van der Waals surface area contributed by atoms with Gasteiger partial charge in [0.2, 0.25) is 0 Å². The van der Waals surface area contributed by atoms with E-state index in [4.69, 9.17) is 0 Å². The Balaban J connectivity index is 2.04. The first-order chi connectivity index (χ1) is 11.9. The van der Waals surface area contributed by atoms with E-state index in [0.717, 1.165) is 11.4 Å². The topological polar surface area (TPSA) is 102 Å². The van der Waals surface area contributed by atoms with Crippen molar-refractivity contribution in [3.8, 4) is 0 Å². The molecule has 0 saturated heterocycles. The van der Waals surface area contributed by atoms with E-state index in [-0.39, 0.29) is 12.3 Å². The summed E-state index contributed by atoms with van der Waals surface area (Å²) in [6, 6.07) is 7.82. The predicted molar refractivity (Wildman–Crippen MR) is 95.9 cm³/mol. The summed E-state index contributed by atoms with van der Waals surface area (Å²) in [7, 11) is 0. The Morgan fingerprint density at radius 2 is 1.80 bits per heavy atom. The van der Waals surface area contributed by atoms with Gasteiger partial charge in [-0.2, -0.15) is 5.10 Å². The number of hydrogen-bond acceptors (Lipinski definition) is 5. The fourth-order valence-corrected chi connectivity index (χ4v) is 2.84. The van der Waals surface area contributed by atoms with Crippen molar-refractivity contribution < 1.29 is 19.8 Å². The molecule has 25 heavy (non-hydrogen) atoms. The van der Waals surface area contributed by atoms with Crippen LogP contribution in [0.4, 0.5) is 5.69 Å². The van der Waals surface area contributed by atoms with E-state index in [9.17, 15) is 19.8 Å². The van der Waals surface area contributed by atoms with Crippen LogP contribution in [0.1, 0.15) is 33.1 Å². The van der Waals surface area contributed by atoms with Gasteiger partial charge in [0.25, 0.3) is 0 Å². The Hall–Kier alpha value is -2.41. The first-order valence-corrected chi connectivity index (χ1v) is 8.47. The first kappa shape index (κ1) is 18.9. The maximum atomic E-state index is 11.6. The van der Waals surface area contributed by atoms with E-state index in [1.54, 1.807) is 0 Å². The monoisotopic (exact) mass is 347 g/mol. The summed E-state index contributed by atoms with van der Waals surface area (Å²) >= 11 is 0. The summed E-state index contributed by atoms with van der Waals surface area (Å²) in [6.07, 6.45) is 1.24. The summed E-state index contributed by atoms with van der Waals surface area (Å²) in [5.74, 6) is -1.93. The van der Waals surface area contributed by atoms with E-state index in [2.05, 4.69) is 10.4 Å². The lowest BCUT2D eigenvalue weighted by atomic mass is 10.0. The van der Waals surface area contributed by atoms with Gasteiger partial charge in [-0.3, -0.25) is 19.9 Å². The molecule has 0 aromatic heterocycles. The summed E-state index contributed by atoms with van der Waals surface area (Å²) in [4.78, 5) is 22.9. The van der Waals surface area contributed by atoms with Crippen LogP contribution in [0.3, 0.4) is 0 Å². The summed E-state index contributed by atoms with van der Waals surface area (Å²) in [5.41, 5.74) is 1.72. The van der Waals surface area contributed by atoms with Crippen molar-refractivity contribution in [2.24, 2.45) is 11.0 Å². The molecule has 1 aliphatic rings. The van der Waals surface area contributed by atoms with Crippen LogP contribution < -0.4 is 10.3 Å². The highest BCUT2D eigenvalue weighted by atomic mass is 16.4. The SMILES string of the molecule is CC(C)C[C@H](N[C@@H](CC1=NN(c2ccccc2)CC1)C(=O)O)C(=O)O. The molecule has 0 spiro atoms. The van der Waals surface area contributed by atoms with Gasteiger partial charge in [-0.05, 0) is 24.5 Å². The lowest BCUT2D eigenvalue weighted by Crippen LogP contribution is -2.48. The minimum atomic E-state index is -1.06. The van der Waals surface area contributed by atoms with Gasteiger partial charge in [0, 0.05) is 25.1 Å². The highest BCUT2D eigenvalue weighted by Crippen LogP contribution is 2.20. The van der Waals surface area contributed by atoms with Crippen LogP contribution in [0.5, 0.6) is 0 Å². The van der Waals surface area contributed by atoms with Gasteiger partial charge in [0.05, 0.1) is 5.69 Å². The molecule has 7 nitrogen and oxygen atoms in total. The lowest BCUT2D eigenvalue weighted by Gasteiger charge is -2.21. The van der Waals surface area contributed by atoms with Crippen LogP contribution in [0.2, 0.25) is 0 Å². The summed E-state index contributed by atoms with van der Waals surface area (Å²) in [5, 5.41) is 27.9. The molecule has 0 amide bonds. The fourth-order valence-electron chi connectivity index (χ4n) is 2.84. The van der Waals surface area contributed by atoms with E-state index < -0.39 is 24.0 Å². The van der Waals surface area contributed by atoms with Crippen LogP contribution in [-0.2, 0) is 9.59 Å². The molecule has 0 saturated carbocycles. The van der Waals surface area contributed by atoms with Crippen LogP contribution in [0.25, 0.3) is 0 Å². The molecule has 7 heteroatoms. The van der Waals surface area contributed by atoms with Gasteiger partial charge >= 0.3 is 11.9 Å². The smallest absolute Gasteiger partial charge is 0.321 e. The second-order valence-electron chi connectivity index (χ2n) is 6.66. The van der Waals surface area contributed by atoms with Crippen LogP contribution >= 0.6 is 0 Å². The van der Waals surface area contributed by atoms with Gasteiger partial charge in [0.1, 0.15) is 12.1 Å². The molecule has 0 fully saturated rings. The molecule has 2 rings (SSSR count). The predicted octanol–water partition coefficient (Wildman–Crippen LogP) is 2.18. The van der Waals surface area contributed by atoms with Crippen molar-refractivity contribution in [2.45, 2.75) is 45.2 Å². The van der Waals surface area contributed by atoms with Gasteiger partial charge in [0.15, 0.2) is 0 Å². The zero-order valence-electron chi connectivity index (χ0n) is 14.6. The number of carboxylic acid groups (broad SMARTS) is 2. The molecule has 0 aliphatic carbocycles. The Morgan fingerprint density at radius 1 is 1.16 bits per heavy atom. The lowest BCUT2D eigenvalue weighted by molar-refractivity contribution is -0.142. The molecule has 0 radical (unpaired) electrons. The average Bonchev–Trinajstić information content (AvgIpc) is 3.02. The number of hydrazone groups is 1. The Labute approximate surface area is 147 Å². The van der Waals surface area contributed by atoms with Gasteiger partial charge in [-0.15, -0.1) is 0 Å². The Morgan fingerprint density at radius 3 is 2.36 bits per heavy atom. The van der Waals surface area contributed by atoms with Crippen molar-refractivity contribution >= 4 is 23.3 Å². The van der Waals surface area contributed by atoms with Crippen LogP contribution in [-0.4, -0.2) is 46.5 Å². The molecule has 1 aliphatic heterocycles. The summed E-state index contributed by atoms with van der Waals surface area (Å²) in [6.45, 7) is 4.51. The van der Waals surface area contributed by atoms with Crippen molar-refractivity contribution in [1.82, 2.24) is 5.32 Å². The van der Waals surface area contributed by atoms with Crippen LogP contribution in [0, 0.1) is 5.92 Å². The number of carboxylic acids is 2. The number of anilines is 1. The minimum absolute atomic E-state index is 0.153. The number of aliphatic carboxylic acids is 2. The first-order valence-electron chi connectivity index (χ1n) is 8.47. The number of nitrogens with zero attached hydrogens (tertiary/aromatic N) is 2. The van der Waals surface area contributed by atoms with Crippen molar-refractivity contribution in [3.05, 3.63) is 30.3 Å². The summed E-state index contributed by atoms with van der Waals surface area (Å²) < 4.78 is 0. The highest BCUT2D eigenvalue weighted by molar-refractivity contribution is 5.92. The molecule has 3 N–H and O–H groups in total. The number of rotatable bonds is 9. The number of carbonyl (C=O) groups is 2. The maximum Gasteiger partial charge on any atom is 0.321 e. The van der Waals surface area contributed by atoms with Gasteiger partial charge in [-0.25, -0.2) is 0 Å². The highest BCUT2D eigenvalue weighted by Gasteiger charge is 2.29. The molecular weight excluding hydrogens is 322 g/mol. The third-order valence-electron chi connectivity index (χ3n) is 4.07. The van der Waals surface area contributed by atoms with Gasteiger partial charge < -0.3 is 10.2 Å². The molecule has 1 aromatic carbocycles. The van der Waals surface area contributed by atoms with E-state index in [1.165, 1.54) is 0 Å². The van der Waals surface area contributed by atoms with E-state index >= 15 is 0 Å². The molecule has 2 atom stereocenters. The quantitative estimate of drug-likeness (QED) is 0.633. The standard InChI is InChI=1S/C18H25N3O4/c1-12(2)10-15(17(22)23)19-16(18(24)25)11-13-8-9-21(20-13)14-6-4-3-5-7-14/h3-7,12,15-16,19H,8-11H2,1-2H3,(H,22,23)(H,24,25)/t15-,16-/m0/s1. The van der Waals surface area contributed by atoms with E-state index in [0.29, 0.717) is 19.4 Å². The molecule has 136 valence electrons. The van der Waals surface area contributed by atoms with Crippen LogP contribution in [0.15, 0.2) is 35.4 Å². The van der Waals surface area contributed by atoms with E-state index in [1.807, 2.05) is 49.2 Å². The number of hydrogen-bond donors (Lipinski definition) is 3. The molecule has 1 aromatic rings. The third-order valence-corrected chi connectivity index (χ3v) is 4.07. The molecule has 0 unspecified atom stereocenters. The molecule has 0 bridgehead atoms. The zero-order valence-corrected chi connectivity index (χ0v) is 14.6.